The minimum absolute atomic E-state index is 0.0536. The third-order valence-electron chi connectivity index (χ3n) is 3.31. The number of benzene rings is 2. The molecule has 0 aromatic heterocycles. The van der Waals surface area contributed by atoms with Gasteiger partial charge in [0.25, 0.3) is 11.6 Å². The lowest BCUT2D eigenvalue weighted by Gasteiger charge is -2.13. The van der Waals surface area contributed by atoms with Crippen molar-refractivity contribution in [2.45, 2.75) is 19.4 Å². The molecule has 2 aromatic carbocycles. The maximum Gasteiger partial charge on any atom is 0.269 e. The molecule has 0 aliphatic heterocycles. The minimum atomic E-state index is -0.525. The van der Waals surface area contributed by atoms with Gasteiger partial charge in [-0.1, -0.05) is 30.3 Å². The van der Waals surface area contributed by atoms with Crippen LogP contribution < -0.4 is 5.32 Å². The van der Waals surface area contributed by atoms with Gasteiger partial charge in [-0.15, -0.1) is 0 Å². The number of Topliss-reactive ketones (excluding diaryl/α,β-unsaturated/α-hetero) is 1. The van der Waals surface area contributed by atoms with Gasteiger partial charge in [0.15, 0.2) is 5.78 Å². The van der Waals surface area contributed by atoms with Crippen LogP contribution in [0, 0.1) is 10.1 Å². The fourth-order valence-corrected chi connectivity index (χ4v) is 2.11. The summed E-state index contributed by atoms with van der Waals surface area (Å²) in [5, 5.41) is 13.3. The Morgan fingerprint density at radius 1 is 1.04 bits per heavy atom. The Morgan fingerprint density at radius 2 is 1.65 bits per heavy atom. The highest BCUT2D eigenvalue weighted by Crippen LogP contribution is 2.12. The third-order valence-corrected chi connectivity index (χ3v) is 3.31. The fourth-order valence-electron chi connectivity index (χ4n) is 2.11. The highest BCUT2D eigenvalue weighted by molar-refractivity contribution is 5.98. The lowest BCUT2D eigenvalue weighted by atomic mass is 10.0. The van der Waals surface area contributed by atoms with Crippen molar-refractivity contribution in [2.24, 2.45) is 0 Å². The number of nitro benzene ring substituents is 1. The second-order valence-electron chi connectivity index (χ2n) is 5.17. The molecule has 0 heterocycles. The zero-order valence-electron chi connectivity index (χ0n) is 12.6. The summed E-state index contributed by atoms with van der Waals surface area (Å²) in [5.74, 6) is -0.421. The van der Waals surface area contributed by atoms with Crippen molar-refractivity contribution in [3.63, 3.8) is 0 Å². The molecule has 0 spiro atoms. The summed E-state index contributed by atoms with van der Waals surface area (Å²) in [6.07, 6.45) is 0.183. The number of rotatable bonds is 6. The second kappa shape index (κ2) is 7.31. The molecule has 2 aromatic rings. The number of nitrogens with one attached hydrogen (secondary N) is 1. The van der Waals surface area contributed by atoms with Gasteiger partial charge < -0.3 is 5.32 Å². The van der Waals surface area contributed by atoms with Gasteiger partial charge in [-0.05, 0) is 19.1 Å². The molecule has 1 amide bonds. The first kappa shape index (κ1) is 16.4. The molecule has 2 rings (SSSR count). The zero-order valence-corrected chi connectivity index (χ0v) is 12.6. The molecule has 0 saturated carbocycles. The normalized spacial score (nSPS) is 11.5. The van der Waals surface area contributed by atoms with E-state index < -0.39 is 4.92 Å². The standard InChI is InChI=1S/C17H16N2O4/c1-12(11-16(20)13-5-3-2-4-6-13)18-17(21)14-7-9-15(10-8-14)19(22)23/h2-10,12H,11H2,1H3,(H,18,21)/t12-/m0/s1. The first-order valence-electron chi connectivity index (χ1n) is 7.11. The summed E-state index contributed by atoms with van der Waals surface area (Å²) >= 11 is 0. The first-order valence-corrected chi connectivity index (χ1v) is 7.11. The number of hydrogen-bond donors (Lipinski definition) is 1. The van der Waals surface area contributed by atoms with E-state index in [2.05, 4.69) is 5.32 Å². The zero-order chi connectivity index (χ0) is 16.8. The van der Waals surface area contributed by atoms with Crippen molar-refractivity contribution in [3.8, 4) is 0 Å². The molecule has 118 valence electrons. The van der Waals surface area contributed by atoms with Crippen LogP contribution in [0.4, 0.5) is 5.69 Å². The van der Waals surface area contributed by atoms with Crippen molar-refractivity contribution in [1.29, 1.82) is 0 Å². The Hall–Kier alpha value is -3.02. The van der Waals surface area contributed by atoms with E-state index in [-0.39, 0.29) is 29.8 Å². The van der Waals surface area contributed by atoms with E-state index in [0.29, 0.717) is 11.1 Å². The Bertz CT molecular complexity index is 711. The van der Waals surface area contributed by atoms with E-state index in [1.165, 1.54) is 24.3 Å². The Balaban J connectivity index is 1.94. The number of carbonyl (C=O) groups is 2. The van der Waals surface area contributed by atoms with Gasteiger partial charge in [0, 0.05) is 35.7 Å². The molecule has 0 radical (unpaired) electrons. The van der Waals surface area contributed by atoms with Crippen molar-refractivity contribution < 1.29 is 14.5 Å². The largest absolute Gasteiger partial charge is 0.349 e. The highest BCUT2D eigenvalue weighted by atomic mass is 16.6. The SMILES string of the molecule is C[C@@H](CC(=O)c1ccccc1)NC(=O)c1ccc([N+](=O)[O-])cc1. The van der Waals surface area contributed by atoms with Crippen molar-refractivity contribution in [3.05, 3.63) is 75.8 Å². The van der Waals surface area contributed by atoms with Gasteiger partial charge in [0.2, 0.25) is 0 Å². The van der Waals surface area contributed by atoms with Crippen molar-refractivity contribution >= 4 is 17.4 Å². The summed E-state index contributed by atoms with van der Waals surface area (Å²) in [6, 6.07) is 13.8. The first-order chi connectivity index (χ1) is 11.0. The summed E-state index contributed by atoms with van der Waals surface area (Å²) < 4.78 is 0. The molecule has 0 bridgehead atoms. The molecule has 1 atom stereocenters. The maximum absolute atomic E-state index is 12.1. The van der Waals surface area contributed by atoms with Gasteiger partial charge >= 0.3 is 0 Å². The summed E-state index contributed by atoms with van der Waals surface area (Å²) in [7, 11) is 0. The Labute approximate surface area is 133 Å². The van der Waals surface area contributed by atoms with Crippen LogP contribution in [0.5, 0.6) is 0 Å². The van der Waals surface area contributed by atoms with E-state index in [0.717, 1.165) is 0 Å². The Kier molecular flexibility index (Phi) is 5.19. The molecule has 1 N–H and O–H groups in total. The second-order valence-corrected chi connectivity index (χ2v) is 5.17. The van der Waals surface area contributed by atoms with Crippen LogP contribution in [0.2, 0.25) is 0 Å². The van der Waals surface area contributed by atoms with E-state index >= 15 is 0 Å². The third kappa shape index (κ3) is 4.47. The molecule has 0 unspecified atom stereocenters. The van der Waals surface area contributed by atoms with E-state index in [4.69, 9.17) is 0 Å². The monoisotopic (exact) mass is 312 g/mol. The minimum Gasteiger partial charge on any atom is -0.349 e. The number of ketones is 1. The van der Waals surface area contributed by atoms with Crippen LogP contribution in [0.15, 0.2) is 54.6 Å². The molecule has 6 nitrogen and oxygen atoms in total. The van der Waals surface area contributed by atoms with Crippen LogP contribution in [0.1, 0.15) is 34.1 Å². The molecule has 23 heavy (non-hydrogen) atoms. The van der Waals surface area contributed by atoms with Gasteiger partial charge in [0.1, 0.15) is 0 Å². The quantitative estimate of drug-likeness (QED) is 0.504. The molecule has 0 aliphatic rings. The summed E-state index contributed by atoms with van der Waals surface area (Å²) in [4.78, 5) is 34.2. The van der Waals surface area contributed by atoms with Gasteiger partial charge in [-0.2, -0.15) is 0 Å². The lowest BCUT2D eigenvalue weighted by molar-refractivity contribution is -0.384. The molecule has 0 saturated heterocycles. The van der Waals surface area contributed by atoms with E-state index in [9.17, 15) is 19.7 Å². The predicted octanol–water partition coefficient (Wildman–Crippen LogP) is 2.99. The van der Waals surface area contributed by atoms with Crippen LogP contribution in [-0.2, 0) is 0 Å². The number of nitro groups is 1. The predicted molar refractivity (Wildman–Crippen MR) is 85.4 cm³/mol. The number of carbonyl (C=O) groups excluding carboxylic acids is 2. The van der Waals surface area contributed by atoms with Crippen LogP contribution in [0.25, 0.3) is 0 Å². The molecular formula is C17H16N2O4. The Morgan fingerprint density at radius 3 is 2.22 bits per heavy atom. The average molecular weight is 312 g/mol. The number of hydrogen-bond acceptors (Lipinski definition) is 4. The lowest BCUT2D eigenvalue weighted by Crippen LogP contribution is -2.34. The molecule has 6 heteroatoms. The van der Waals surface area contributed by atoms with E-state index in [1.54, 1.807) is 31.2 Å². The number of non-ortho nitro benzene ring substituents is 1. The van der Waals surface area contributed by atoms with Gasteiger partial charge in [-0.25, -0.2) is 0 Å². The van der Waals surface area contributed by atoms with Crippen LogP contribution in [-0.4, -0.2) is 22.7 Å². The molecular weight excluding hydrogens is 296 g/mol. The summed E-state index contributed by atoms with van der Waals surface area (Å²) in [5.41, 5.74) is 0.840. The molecule has 0 fully saturated rings. The summed E-state index contributed by atoms with van der Waals surface area (Å²) in [6.45, 7) is 1.74. The maximum atomic E-state index is 12.1. The smallest absolute Gasteiger partial charge is 0.269 e. The van der Waals surface area contributed by atoms with Crippen LogP contribution in [0.3, 0.4) is 0 Å². The van der Waals surface area contributed by atoms with E-state index in [1.807, 2.05) is 6.07 Å². The van der Waals surface area contributed by atoms with Crippen molar-refractivity contribution in [2.75, 3.05) is 0 Å². The topological polar surface area (TPSA) is 89.3 Å². The van der Waals surface area contributed by atoms with Gasteiger partial charge in [0.05, 0.1) is 4.92 Å². The van der Waals surface area contributed by atoms with Gasteiger partial charge in [-0.3, -0.25) is 19.7 Å². The molecule has 0 aliphatic carbocycles. The highest BCUT2D eigenvalue weighted by Gasteiger charge is 2.15. The average Bonchev–Trinajstić information content (AvgIpc) is 2.55. The number of amides is 1. The number of nitrogens with zero attached hydrogens (tertiary/aromatic N) is 1. The van der Waals surface area contributed by atoms with Crippen LogP contribution >= 0.6 is 0 Å². The van der Waals surface area contributed by atoms with Crippen molar-refractivity contribution in [1.82, 2.24) is 5.32 Å². The fraction of sp³-hybridized carbons (Fsp3) is 0.176.